The van der Waals surface area contributed by atoms with Gasteiger partial charge in [0.1, 0.15) is 11.8 Å². The Hall–Kier alpha value is -2.86. The fraction of sp³-hybridized carbons (Fsp3) is 0.391. The van der Waals surface area contributed by atoms with Crippen molar-refractivity contribution in [1.82, 2.24) is 5.32 Å². The van der Waals surface area contributed by atoms with Gasteiger partial charge in [-0.3, -0.25) is 4.79 Å². The van der Waals surface area contributed by atoms with Crippen LogP contribution in [-0.2, 0) is 22.4 Å². The van der Waals surface area contributed by atoms with Crippen molar-refractivity contribution in [2.24, 2.45) is 5.73 Å². The third kappa shape index (κ3) is 8.79. The molecule has 0 heterocycles. The van der Waals surface area contributed by atoms with Crippen molar-refractivity contribution in [1.29, 1.82) is 0 Å². The second-order valence-corrected chi connectivity index (χ2v) is 7.02. The summed E-state index contributed by atoms with van der Waals surface area (Å²) in [6.45, 7) is 1.38. The van der Waals surface area contributed by atoms with Crippen LogP contribution in [0.1, 0.15) is 36.8 Å². The first-order chi connectivity index (χ1) is 14.1. The highest BCUT2D eigenvalue weighted by atomic mass is 16.5. The largest absolute Gasteiger partial charge is 0.494 e. The van der Waals surface area contributed by atoms with Gasteiger partial charge < -0.3 is 20.9 Å². The number of nitrogens with one attached hydrogen (secondary N) is 1. The van der Waals surface area contributed by atoms with Crippen molar-refractivity contribution in [3.05, 3.63) is 65.7 Å². The minimum Gasteiger partial charge on any atom is -0.494 e. The molecule has 0 aromatic heterocycles. The molecule has 2 aromatic carbocycles. The van der Waals surface area contributed by atoms with Crippen LogP contribution in [0.5, 0.6) is 5.75 Å². The highest BCUT2D eigenvalue weighted by Gasteiger charge is 2.20. The Morgan fingerprint density at radius 3 is 2.28 bits per heavy atom. The van der Waals surface area contributed by atoms with E-state index in [4.69, 9.17) is 10.5 Å². The lowest BCUT2D eigenvalue weighted by molar-refractivity contribution is -0.141. The number of hydrogen-bond acceptors (Lipinski definition) is 4. The number of rotatable bonds is 13. The lowest BCUT2D eigenvalue weighted by Gasteiger charge is -2.15. The van der Waals surface area contributed by atoms with Crippen molar-refractivity contribution in [3.63, 3.8) is 0 Å². The van der Waals surface area contributed by atoms with E-state index >= 15 is 0 Å². The molecule has 6 heteroatoms. The Labute approximate surface area is 172 Å². The van der Waals surface area contributed by atoms with Crippen LogP contribution >= 0.6 is 0 Å². The van der Waals surface area contributed by atoms with Gasteiger partial charge in [0.05, 0.1) is 13.0 Å². The third-order valence-corrected chi connectivity index (χ3v) is 4.57. The van der Waals surface area contributed by atoms with E-state index in [-0.39, 0.29) is 18.7 Å². The first-order valence-electron chi connectivity index (χ1n) is 10.1. The number of carboxylic acids is 1. The van der Waals surface area contributed by atoms with Crippen LogP contribution in [0, 0.1) is 0 Å². The van der Waals surface area contributed by atoms with Gasteiger partial charge in [-0.2, -0.15) is 0 Å². The van der Waals surface area contributed by atoms with Crippen LogP contribution in [0.25, 0.3) is 0 Å². The van der Waals surface area contributed by atoms with Crippen molar-refractivity contribution in [2.75, 3.05) is 13.2 Å². The molecule has 1 amide bonds. The summed E-state index contributed by atoms with van der Waals surface area (Å²) < 4.78 is 5.71. The highest BCUT2D eigenvalue weighted by molar-refractivity contribution is 5.85. The number of ether oxygens (including phenoxy) is 1. The average molecular weight is 399 g/mol. The zero-order valence-electron chi connectivity index (χ0n) is 16.7. The standard InChI is InChI=1S/C23H30N2O4/c24-14-6-1-2-7-15-29-20-12-10-19(11-13-20)16-21(23(27)28)25-22(26)17-18-8-4-3-5-9-18/h3-5,8-13,21H,1-2,6-7,14-17,24H2,(H,25,26)(H,27,28)/t21-/m0/s1. The highest BCUT2D eigenvalue weighted by Crippen LogP contribution is 2.14. The van der Waals surface area contributed by atoms with E-state index in [0.29, 0.717) is 6.61 Å². The Balaban J connectivity index is 1.80. The number of carbonyl (C=O) groups is 2. The number of carboxylic acid groups (broad SMARTS) is 1. The van der Waals surface area contributed by atoms with Crippen LogP contribution in [-0.4, -0.2) is 36.2 Å². The summed E-state index contributed by atoms with van der Waals surface area (Å²) in [5.74, 6) is -0.602. The molecule has 6 nitrogen and oxygen atoms in total. The van der Waals surface area contributed by atoms with Crippen LogP contribution in [0.2, 0.25) is 0 Å². The molecule has 0 radical (unpaired) electrons. The first kappa shape index (κ1) is 22.4. The molecule has 0 saturated carbocycles. The molecule has 2 aromatic rings. The molecule has 0 spiro atoms. The molecule has 29 heavy (non-hydrogen) atoms. The van der Waals surface area contributed by atoms with Gasteiger partial charge in [0.15, 0.2) is 0 Å². The van der Waals surface area contributed by atoms with Crippen molar-refractivity contribution < 1.29 is 19.4 Å². The molecule has 0 aliphatic heterocycles. The van der Waals surface area contributed by atoms with Gasteiger partial charge in [-0.1, -0.05) is 55.3 Å². The van der Waals surface area contributed by atoms with E-state index in [2.05, 4.69) is 5.32 Å². The summed E-state index contributed by atoms with van der Waals surface area (Å²) in [6, 6.07) is 15.6. The third-order valence-electron chi connectivity index (χ3n) is 4.57. The number of benzene rings is 2. The minimum absolute atomic E-state index is 0.155. The molecule has 0 fully saturated rings. The first-order valence-corrected chi connectivity index (χ1v) is 10.1. The van der Waals surface area contributed by atoms with Crippen molar-refractivity contribution >= 4 is 11.9 Å². The monoisotopic (exact) mass is 398 g/mol. The van der Waals surface area contributed by atoms with E-state index in [1.165, 1.54) is 0 Å². The predicted octanol–water partition coefficient (Wildman–Crippen LogP) is 2.94. The number of unbranched alkanes of at least 4 members (excludes halogenated alkanes) is 3. The van der Waals surface area contributed by atoms with Gasteiger partial charge in [0, 0.05) is 6.42 Å². The second kappa shape index (κ2) is 12.6. The number of amides is 1. The summed E-state index contributed by atoms with van der Waals surface area (Å²) in [5.41, 5.74) is 7.14. The second-order valence-electron chi connectivity index (χ2n) is 7.02. The zero-order valence-corrected chi connectivity index (χ0v) is 16.7. The van der Waals surface area contributed by atoms with Gasteiger partial charge in [-0.25, -0.2) is 4.79 Å². The molecule has 0 aliphatic rings. The maximum Gasteiger partial charge on any atom is 0.326 e. The molecule has 0 saturated heterocycles. The molecule has 1 atom stereocenters. The zero-order chi connectivity index (χ0) is 20.9. The number of hydrogen-bond donors (Lipinski definition) is 3. The average Bonchev–Trinajstić information content (AvgIpc) is 2.72. The summed E-state index contributed by atoms with van der Waals surface area (Å²) in [7, 11) is 0. The van der Waals surface area contributed by atoms with Gasteiger partial charge in [-0.05, 0) is 42.6 Å². The molecule has 2 rings (SSSR count). The van der Waals surface area contributed by atoms with E-state index in [1.54, 1.807) is 0 Å². The van der Waals surface area contributed by atoms with Crippen LogP contribution in [0.4, 0.5) is 0 Å². The topological polar surface area (TPSA) is 102 Å². The molecule has 4 N–H and O–H groups in total. The van der Waals surface area contributed by atoms with E-state index in [9.17, 15) is 14.7 Å². The van der Waals surface area contributed by atoms with Gasteiger partial charge in [0.25, 0.3) is 0 Å². The number of nitrogens with two attached hydrogens (primary N) is 1. The normalized spacial score (nSPS) is 11.6. The van der Waals surface area contributed by atoms with Crippen molar-refractivity contribution in [2.45, 2.75) is 44.6 Å². The molecule has 0 unspecified atom stereocenters. The smallest absolute Gasteiger partial charge is 0.326 e. The lowest BCUT2D eigenvalue weighted by Crippen LogP contribution is -2.43. The molecule has 156 valence electrons. The lowest BCUT2D eigenvalue weighted by atomic mass is 10.1. The number of aliphatic carboxylic acids is 1. The van der Waals surface area contributed by atoms with Gasteiger partial charge >= 0.3 is 5.97 Å². The Bertz CT molecular complexity index is 747. The van der Waals surface area contributed by atoms with Gasteiger partial charge in [0.2, 0.25) is 5.91 Å². The fourth-order valence-corrected chi connectivity index (χ4v) is 2.97. The van der Waals surface area contributed by atoms with Gasteiger partial charge in [-0.15, -0.1) is 0 Å². The van der Waals surface area contributed by atoms with Crippen molar-refractivity contribution in [3.8, 4) is 5.75 Å². The maximum atomic E-state index is 12.2. The summed E-state index contributed by atoms with van der Waals surface area (Å²) in [6.07, 6.45) is 4.61. The molecule has 0 bridgehead atoms. The maximum absolute atomic E-state index is 12.2. The predicted molar refractivity (Wildman–Crippen MR) is 113 cm³/mol. The Morgan fingerprint density at radius 1 is 0.931 bits per heavy atom. The molecule has 0 aliphatic carbocycles. The summed E-state index contributed by atoms with van der Waals surface area (Å²) in [5, 5.41) is 12.1. The summed E-state index contributed by atoms with van der Waals surface area (Å²) in [4.78, 5) is 23.7. The van der Waals surface area contributed by atoms with Crippen LogP contribution in [0.3, 0.4) is 0 Å². The Morgan fingerprint density at radius 2 is 1.62 bits per heavy atom. The molecular formula is C23H30N2O4. The minimum atomic E-state index is -1.05. The van der Waals surface area contributed by atoms with E-state index in [0.717, 1.165) is 49.1 Å². The van der Waals surface area contributed by atoms with Crippen LogP contribution in [0.15, 0.2) is 54.6 Å². The summed E-state index contributed by atoms with van der Waals surface area (Å²) >= 11 is 0. The Kier molecular flexibility index (Phi) is 9.72. The fourth-order valence-electron chi connectivity index (χ4n) is 2.97. The quantitative estimate of drug-likeness (QED) is 0.450. The van der Waals surface area contributed by atoms with E-state index in [1.807, 2.05) is 54.6 Å². The number of carbonyl (C=O) groups excluding carboxylic acids is 1. The SMILES string of the molecule is NCCCCCCOc1ccc(C[C@H](NC(=O)Cc2ccccc2)C(=O)O)cc1. The molecular weight excluding hydrogens is 368 g/mol. The van der Waals surface area contributed by atoms with Crippen LogP contribution < -0.4 is 15.8 Å². The van der Waals surface area contributed by atoms with E-state index < -0.39 is 12.0 Å².